The average molecular weight is 309 g/mol. The number of fused-ring (bicyclic) bond motifs is 1. The largest absolute Gasteiger partial charge is 0.494 e. The van der Waals surface area contributed by atoms with Crippen molar-refractivity contribution >= 4 is 5.91 Å². The van der Waals surface area contributed by atoms with Gasteiger partial charge in [0.05, 0.1) is 6.61 Å². The Morgan fingerprint density at radius 3 is 2.74 bits per heavy atom. The fraction of sp³-hybridized carbons (Fsp3) is 0.350. The van der Waals surface area contributed by atoms with Crippen molar-refractivity contribution in [1.29, 1.82) is 0 Å². The summed E-state index contributed by atoms with van der Waals surface area (Å²) >= 11 is 0. The maximum atomic E-state index is 12.3. The monoisotopic (exact) mass is 309 g/mol. The molecule has 1 amide bonds. The van der Waals surface area contributed by atoms with E-state index in [1.807, 2.05) is 31.2 Å². The van der Waals surface area contributed by atoms with Crippen LogP contribution in [-0.4, -0.2) is 19.1 Å². The van der Waals surface area contributed by atoms with Crippen LogP contribution < -0.4 is 10.1 Å². The maximum Gasteiger partial charge on any atom is 0.251 e. The van der Waals surface area contributed by atoms with Crippen LogP contribution in [0, 0.1) is 0 Å². The van der Waals surface area contributed by atoms with Gasteiger partial charge in [-0.2, -0.15) is 0 Å². The third-order valence-electron chi connectivity index (χ3n) is 4.43. The predicted octanol–water partition coefficient (Wildman–Crippen LogP) is 3.94. The highest BCUT2D eigenvalue weighted by Gasteiger charge is 2.20. The normalized spacial score (nSPS) is 16.5. The van der Waals surface area contributed by atoms with Crippen LogP contribution in [0.25, 0.3) is 0 Å². The van der Waals surface area contributed by atoms with Gasteiger partial charge in [0.1, 0.15) is 5.75 Å². The zero-order chi connectivity index (χ0) is 16.1. The van der Waals surface area contributed by atoms with Crippen LogP contribution in [0.4, 0.5) is 0 Å². The van der Waals surface area contributed by atoms with Crippen LogP contribution in [0.3, 0.4) is 0 Å². The first kappa shape index (κ1) is 15.6. The highest BCUT2D eigenvalue weighted by molar-refractivity contribution is 5.94. The summed E-state index contributed by atoms with van der Waals surface area (Å²) in [6.07, 6.45) is 3.49. The molecule has 0 spiro atoms. The lowest BCUT2D eigenvalue weighted by atomic mass is 9.83. The number of amides is 1. The average Bonchev–Trinajstić information content (AvgIpc) is 2.60. The van der Waals surface area contributed by atoms with E-state index in [1.54, 1.807) is 0 Å². The van der Waals surface area contributed by atoms with E-state index in [2.05, 4.69) is 29.6 Å². The quantitative estimate of drug-likeness (QED) is 0.908. The highest BCUT2D eigenvalue weighted by Crippen LogP contribution is 2.30. The van der Waals surface area contributed by atoms with Gasteiger partial charge in [0.25, 0.3) is 5.91 Å². The van der Waals surface area contributed by atoms with Crippen molar-refractivity contribution in [2.24, 2.45) is 0 Å². The molecule has 1 atom stereocenters. The Bertz CT molecular complexity index is 664. The van der Waals surface area contributed by atoms with Crippen LogP contribution in [0.5, 0.6) is 5.75 Å². The summed E-state index contributed by atoms with van der Waals surface area (Å²) in [6, 6.07) is 15.9. The molecular weight excluding hydrogens is 286 g/mol. The lowest BCUT2D eigenvalue weighted by Gasteiger charge is -2.25. The fourth-order valence-corrected chi connectivity index (χ4v) is 3.25. The third-order valence-corrected chi connectivity index (χ3v) is 4.43. The molecule has 1 aliphatic carbocycles. The van der Waals surface area contributed by atoms with Crippen LogP contribution in [0.15, 0.2) is 48.5 Å². The summed E-state index contributed by atoms with van der Waals surface area (Å²) in [5, 5.41) is 3.08. The molecule has 2 aromatic rings. The molecule has 120 valence electrons. The van der Waals surface area contributed by atoms with E-state index in [-0.39, 0.29) is 5.91 Å². The number of carbonyl (C=O) groups excluding carboxylic acids is 1. The van der Waals surface area contributed by atoms with Crippen molar-refractivity contribution in [1.82, 2.24) is 5.32 Å². The molecule has 23 heavy (non-hydrogen) atoms. The third kappa shape index (κ3) is 3.73. The molecule has 3 heteroatoms. The molecule has 0 heterocycles. The maximum absolute atomic E-state index is 12.3. The molecule has 1 aliphatic rings. The minimum atomic E-state index is -0.0175. The van der Waals surface area contributed by atoms with E-state index in [1.165, 1.54) is 17.5 Å². The molecule has 3 rings (SSSR count). The van der Waals surface area contributed by atoms with Crippen LogP contribution in [0.2, 0.25) is 0 Å². The van der Waals surface area contributed by atoms with Crippen molar-refractivity contribution < 1.29 is 9.53 Å². The minimum Gasteiger partial charge on any atom is -0.494 e. The second kappa shape index (κ2) is 7.32. The first-order valence-corrected chi connectivity index (χ1v) is 8.37. The number of ether oxygens (including phenoxy) is 1. The highest BCUT2D eigenvalue weighted by atomic mass is 16.5. The molecule has 0 saturated carbocycles. The van der Waals surface area contributed by atoms with Crippen molar-refractivity contribution in [2.75, 3.05) is 13.2 Å². The minimum absolute atomic E-state index is 0.0175. The molecule has 1 N–H and O–H groups in total. The summed E-state index contributed by atoms with van der Waals surface area (Å²) in [5.74, 6) is 1.20. The van der Waals surface area contributed by atoms with Gasteiger partial charge in [-0.3, -0.25) is 4.79 Å². The number of hydrogen-bond donors (Lipinski definition) is 1. The number of aryl methyl sites for hydroxylation is 1. The molecule has 2 aromatic carbocycles. The van der Waals surface area contributed by atoms with Crippen molar-refractivity contribution in [3.05, 3.63) is 65.2 Å². The summed E-state index contributed by atoms with van der Waals surface area (Å²) < 4.78 is 5.40. The van der Waals surface area contributed by atoms with Gasteiger partial charge in [0, 0.05) is 18.0 Å². The van der Waals surface area contributed by atoms with Gasteiger partial charge >= 0.3 is 0 Å². The Morgan fingerprint density at radius 1 is 1.17 bits per heavy atom. The van der Waals surface area contributed by atoms with Gasteiger partial charge in [0.2, 0.25) is 0 Å². The summed E-state index contributed by atoms with van der Waals surface area (Å²) in [4.78, 5) is 12.3. The number of nitrogens with one attached hydrogen (secondary N) is 1. The standard InChI is InChI=1S/C20H23NO2/c1-2-23-18-12-10-16(11-13-18)20(22)21-14-17-8-5-7-15-6-3-4-9-19(15)17/h3-4,6,9-13,17H,2,5,7-8,14H2,1H3,(H,21,22). The van der Waals surface area contributed by atoms with Crippen molar-refractivity contribution in [2.45, 2.75) is 32.1 Å². The Kier molecular flexibility index (Phi) is 4.96. The number of carbonyl (C=O) groups is 1. The number of rotatable bonds is 5. The van der Waals surface area contributed by atoms with Crippen LogP contribution >= 0.6 is 0 Å². The zero-order valence-corrected chi connectivity index (χ0v) is 13.5. The van der Waals surface area contributed by atoms with Gasteiger partial charge in [0.15, 0.2) is 0 Å². The number of benzene rings is 2. The van der Waals surface area contributed by atoms with Gasteiger partial charge in [-0.05, 0) is 61.6 Å². The van der Waals surface area contributed by atoms with Gasteiger partial charge in [-0.1, -0.05) is 24.3 Å². The smallest absolute Gasteiger partial charge is 0.251 e. The Hall–Kier alpha value is -2.29. The SMILES string of the molecule is CCOc1ccc(C(=O)NCC2CCCc3ccccc32)cc1. The molecule has 0 fully saturated rings. The lowest BCUT2D eigenvalue weighted by molar-refractivity contribution is 0.0950. The summed E-state index contributed by atoms with van der Waals surface area (Å²) in [7, 11) is 0. The van der Waals surface area contributed by atoms with Crippen LogP contribution in [-0.2, 0) is 6.42 Å². The molecule has 0 bridgehead atoms. The van der Waals surface area contributed by atoms with E-state index in [9.17, 15) is 4.79 Å². The zero-order valence-electron chi connectivity index (χ0n) is 13.5. The van der Waals surface area contributed by atoms with Gasteiger partial charge in [-0.25, -0.2) is 0 Å². The molecular formula is C20H23NO2. The van der Waals surface area contributed by atoms with E-state index in [4.69, 9.17) is 4.74 Å². The first-order chi connectivity index (χ1) is 11.3. The summed E-state index contributed by atoms with van der Waals surface area (Å²) in [5.41, 5.74) is 3.50. The second-order valence-corrected chi connectivity index (χ2v) is 5.96. The van der Waals surface area contributed by atoms with E-state index in [0.29, 0.717) is 24.6 Å². The van der Waals surface area contributed by atoms with Crippen LogP contribution in [0.1, 0.15) is 47.2 Å². The van der Waals surface area contributed by atoms with E-state index in [0.717, 1.165) is 18.6 Å². The fourth-order valence-electron chi connectivity index (χ4n) is 3.25. The number of hydrogen-bond acceptors (Lipinski definition) is 2. The Balaban J connectivity index is 1.61. The summed E-state index contributed by atoms with van der Waals surface area (Å²) in [6.45, 7) is 3.28. The topological polar surface area (TPSA) is 38.3 Å². The van der Waals surface area contributed by atoms with E-state index >= 15 is 0 Å². The molecule has 3 nitrogen and oxygen atoms in total. The van der Waals surface area contributed by atoms with Crippen molar-refractivity contribution in [3.63, 3.8) is 0 Å². The van der Waals surface area contributed by atoms with Gasteiger partial charge < -0.3 is 10.1 Å². The molecule has 0 aromatic heterocycles. The Labute approximate surface area is 137 Å². The van der Waals surface area contributed by atoms with Crippen molar-refractivity contribution in [3.8, 4) is 5.75 Å². The molecule has 0 radical (unpaired) electrons. The van der Waals surface area contributed by atoms with E-state index < -0.39 is 0 Å². The van der Waals surface area contributed by atoms with Gasteiger partial charge in [-0.15, -0.1) is 0 Å². The second-order valence-electron chi connectivity index (χ2n) is 5.96. The predicted molar refractivity (Wildman–Crippen MR) is 92.1 cm³/mol. The molecule has 0 saturated heterocycles. The molecule has 1 unspecified atom stereocenters. The lowest BCUT2D eigenvalue weighted by Crippen LogP contribution is -2.29. The first-order valence-electron chi connectivity index (χ1n) is 8.37. The Morgan fingerprint density at radius 2 is 1.96 bits per heavy atom. The molecule has 0 aliphatic heterocycles.